The van der Waals surface area contributed by atoms with E-state index in [-0.39, 0.29) is 11.9 Å². The zero-order valence-corrected chi connectivity index (χ0v) is 12.8. The highest BCUT2D eigenvalue weighted by molar-refractivity contribution is 9.10. The molecular formula is C13H17BrN2OS. The van der Waals surface area contributed by atoms with Crippen molar-refractivity contribution < 1.29 is 4.79 Å². The monoisotopic (exact) mass is 328 g/mol. The molecule has 0 aliphatic heterocycles. The molecule has 2 rings (SSSR count). The van der Waals surface area contributed by atoms with E-state index in [1.807, 2.05) is 11.8 Å². The van der Waals surface area contributed by atoms with Gasteiger partial charge in [0, 0.05) is 17.5 Å². The molecule has 0 spiro atoms. The molecule has 1 N–H and O–H groups in total. The number of pyridine rings is 1. The predicted octanol–water partition coefficient (Wildman–Crippen LogP) is 3.25. The second kappa shape index (κ2) is 6.57. The normalized spacial score (nSPS) is 23.7. The molecule has 0 radical (unpaired) electrons. The van der Waals surface area contributed by atoms with Crippen LogP contribution in [0.4, 0.5) is 0 Å². The number of aromatic nitrogens is 1. The molecule has 0 aromatic carbocycles. The fraction of sp³-hybridized carbons (Fsp3) is 0.538. The van der Waals surface area contributed by atoms with E-state index in [1.165, 1.54) is 19.3 Å². The lowest BCUT2D eigenvalue weighted by atomic mass is 9.94. The molecule has 1 amide bonds. The molecule has 0 saturated heterocycles. The highest BCUT2D eigenvalue weighted by atomic mass is 79.9. The van der Waals surface area contributed by atoms with Crippen LogP contribution in [0.25, 0.3) is 0 Å². The van der Waals surface area contributed by atoms with Crippen LogP contribution >= 0.6 is 27.7 Å². The van der Waals surface area contributed by atoms with Crippen LogP contribution < -0.4 is 5.32 Å². The standard InChI is InChI=1S/C13H17BrN2OS/c1-18-11-7-3-2-6-10(11)16-13(17)9-5-4-8-15-12(9)14/h4-5,8,10-11H,2-3,6-7H2,1H3,(H,16,17). The zero-order chi connectivity index (χ0) is 13.0. The second-order valence-electron chi connectivity index (χ2n) is 4.48. The van der Waals surface area contributed by atoms with Gasteiger partial charge in [-0.2, -0.15) is 11.8 Å². The van der Waals surface area contributed by atoms with Gasteiger partial charge in [0.15, 0.2) is 0 Å². The number of nitrogens with zero attached hydrogens (tertiary/aromatic N) is 1. The topological polar surface area (TPSA) is 42.0 Å². The number of rotatable bonds is 3. The fourth-order valence-electron chi connectivity index (χ4n) is 2.35. The predicted molar refractivity (Wildman–Crippen MR) is 79.0 cm³/mol. The maximum Gasteiger partial charge on any atom is 0.254 e. The summed E-state index contributed by atoms with van der Waals surface area (Å²) >= 11 is 5.17. The minimum atomic E-state index is -0.0269. The molecule has 2 atom stereocenters. The van der Waals surface area contributed by atoms with Crippen molar-refractivity contribution in [2.45, 2.75) is 37.0 Å². The van der Waals surface area contributed by atoms with Crippen molar-refractivity contribution >= 4 is 33.6 Å². The summed E-state index contributed by atoms with van der Waals surface area (Å²) in [6.45, 7) is 0. The van der Waals surface area contributed by atoms with Crippen molar-refractivity contribution in [2.24, 2.45) is 0 Å². The summed E-state index contributed by atoms with van der Waals surface area (Å²) in [7, 11) is 0. The average molecular weight is 329 g/mol. The Hall–Kier alpha value is -0.550. The summed E-state index contributed by atoms with van der Waals surface area (Å²) in [6.07, 6.45) is 8.54. The van der Waals surface area contributed by atoms with Gasteiger partial charge in [-0.1, -0.05) is 12.8 Å². The SMILES string of the molecule is CSC1CCCCC1NC(=O)c1cccnc1Br. The Morgan fingerprint density at radius 1 is 1.50 bits per heavy atom. The molecule has 98 valence electrons. The molecule has 3 nitrogen and oxygen atoms in total. The second-order valence-corrected chi connectivity index (χ2v) is 6.31. The third-order valence-electron chi connectivity index (χ3n) is 3.33. The number of hydrogen-bond acceptors (Lipinski definition) is 3. The number of carbonyl (C=O) groups excluding carboxylic acids is 1. The van der Waals surface area contributed by atoms with Gasteiger partial charge in [0.1, 0.15) is 4.60 Å². The van der Waals surface area contributed by atoms with Gasteiger partial charge in [0.2, 0.25) is 0 Å². The lowest BCUT2D eigenvalue weighted by Gasteiger charge is -2.31. The molecule has 5 heteroatoms. The first kappa shape index (κ1) is 13.9. The number of thioether (sulfide) groups is 1. The van der Waals surface area contributed by atoms with Gasteiger partial charge in [0.05, 0.1) is 5.56 Å². The summed E-state index contributed by atoms with van der Waals surface area (Å²) < 4.78 is 0.610. The first-order valence-electron chi connectivity index (χ1n) is 6.16. The maximum absolute atomic E-state index is 12.2. The van der Waals surface area contributed by atoms with Gasteiger partial charge in [-0.3, -0.25) is 4.79 Å². The van der Waals surface area contributed by atoms with Crippen LogP contribution in [-0.4, -0.2) is 28.4 Å². The van der Waals surface area contributed by atoms with E-state index < -0.39 is 0 Å². The third-order valence-corrected chi connectivity index (χ3v) is 5.13. The minimum Gasteiger partial charge on any atom is -0.348 e. The Bertz CT molecular complexity index is 427. The van der Waals surface area contributed by atoms with E-state index in [4.69, 9.17) is 0 Å². The van der Waals surface area contributed by atoms with E-state index in [0.29, 0.717) is 15.4 Å². The molecule has 1 aliphatic carbocycles. The number of halogens is 1. The summed E-state index contributed by atoms with van der Waals surface area (Å²) in [5.41, 5.74) is 0.614. The van der Waals surface area contributed by atoms with Crippen molar-refractivity contribution in [1.82, 2.24) is 10.3 Å². The Labute approximate surface area is 120 Å². The van der Waals surface area contributed by atoms with Crippen molar-refractivity contribution in [3.05, 3.63) is 28.5 Å². The van der Waals surface area contributed by atoms with Gasteiger partial charge in [-0.05, 0) is 47.2 Å². The maximum atomic E-state index is 12.2. The molecule has 1 heterocycles. The Balaban J connectivity index is 2.04. The van der Waals surface area contributed by atoms with E-state index in [2.05, 4.69) is 32.5 Å². The van der Waals surface area contributed by atoms with Gasteiger partial charge >= 0.3 is 0 Å². The fourth-order valence-corrected chi connectivity index (χ4v) is 3.71. The molecule has 1 fully saturated rings. The molecule has 0 bridgehead atoms. The quantitative estimate of drug-likeness (QED) is 0.866. The molecule has 18 heavy (non-hydrogen) atoms. The van der Waals surface area contributed by atoms with E-state index in [1.54, 1.807) is 18.3 Å². The highest BCUT2D eigenvalue weighted by Gasteiger charge is 2.26. The summed E-state index contributed by atoms with van der Waals surface area (Å²) in [6, 6.07) is 3.86. The summed E-state index contributed by atoms with van der Waals surface area (Å²) in [5, 5.41) is 3.69. The Kier molecular flexibility index (Phi) is 5.06. The smallest absolute Gasteiger partial charge is 0.254 e. The van der Waals surface area contributed by atoms with Crippen LogP contribution in [0.5, 0.6) is 0 Å². The van der Waals surface area contributed by atoms with Crippen LogP contribution in [0.15, 0.2) is 22.9 Å². The lowest BCUT2D eigenvalue weighted by Crippen LogP contribution is -2.43. The van der Waals surface area contributed by atoms with Crippen molar-refractivity contribution in [1.29, 1.82) is 0 Å². The molecule has 1 aromatic heterocycles. The average Bonchev–Trinajstić information content (AvgIpc) is 2.39. The first-order chi connectivity index (χ1) is 8.72. The number of nitrogens with one attached hydrogen (secondary N) is 1. The van der Waals surface area contributed by atoms with Crippen LogP contribution in [0.2, 0.25) is 0 Å². The van der Waals surface area contributed by atoms with Crippen LogP contribution in [0, 0.1) is 0 Å². The molecule has 1 saturated carbocycles. The molecule has 1 aliphatic rings. The zero-order valence-electron chi connectivity index (χ0n) is 10.4. The van der Waals surface area contributed by atoms with Crippen LogP contribution in [0.3, 0.4) is 0 Å². The highest BCUT2D eigenvalue weighted by Crippen LogP contribution is 2.27. The number of hydrogen-bond donors (Lipinski definition) is 1. The minimum absolute atomic E-state index is 0.0269. The Morgan fingerprint density at radius 2 is 2.28 bits per heavy atom. The van der Waals surface area contributed by atoms with Gasteiger partial charge in [0.25, 0.3) is 5.91 Å². The lowest BCUT2D eigenvalue weighted by molar-refractivity contribution is 0.0928. The number of carbonyl (C=O) groups is 1. The summed E-state index contributed by atoms with van der Waals surface area (Å²) in [4.78, 5) is 16.3. The van der Waals surface area contributed by atoms with Crippen LogP contribution in [-0.2, 0) is 0 Å². The van der Waals surface area contributed by atoms with Crippen molar-refractivity contribution in [2.75, 3.05) is 6.26 Å². The first-order valence-corrected chi connectivity index (χ1v) is 8.24. The Morgan fingerprint density at radius 3 is 3.00 bits per heavy atom. The molecular weight excluding hydrogens is 312 g/mol. The van der Waals surface area contributed by atoms with Gasteiger partial charge in [-0.15, -0.1) is 0 Å². The van der Waals surface area contributed by atoms with Crippen molar-refractivity contribution in [3.63, 3.8) is 0 Å². The van der Waals surface area contributed by atoms with E-state index in [0.717, 1.165) is 6.42 Å². The number of amides is 1. The van der Waals surface area contributed by atoms with Crippen LogP contribution in [0.1, 0.15) is 36.0 Å². The van der Waals surface area contributed by atoms with E-state index in [9.17, 15) is 4.79 Å². The van der Waals surface area contributed by atoms with Gasteiger partial charge < -0.3 is 5.32 Å². The molecule has 1 aromatic rings. The summed E-state index contributed by atoms with van der Waals surface area (Å²) in [5.74, 6) is -0.0269. The van der Waals surface area contributed by atoms with Crippen molar-refractivity contribution in [3.8, 4) is 0 Å². The van der Waals surface area contributed by atoms with Gasteiger partial charge in [-0.25, -0.2) is 4.98 Å². The van der Waals surface area contributed by atoms with E-state index >= 15 is 0 Å². The molecule has 2 unspecified atom stereocenters. The largest absolute Gasteiger partial charge is 0.348 e. The third kappa shape index (κ3) is 3.26.